The number of ether oxygens (including phenoxy) is 1. The monoisotopic (exact) mass is 450 g/mol. The summed E-state index contributed by atoms with van der Waals surface area (Å²) in [5, 5.41) is 3.22. The summed E-state index contributed by atoms with van der Waals surface area (Å²) in [7, 11) is 0. The molecule has 1 aliphatic carbocycles. The van der Waals surface area contributed by atoms with Gasteiger partial charge in [-0.2, -0.15) is 0 Å². The quantitative estimate of drug-likeness (QED) is 0.568. The SMILES string of the molecule is CCC(C(=O)NC1CCCCC1)N(Cc1ccc(C)cc1)C(=O)COc1cc(C)ccc1C. The average Bonchev–Trinajstić information content (AvgIpc) is 2.81. The molecule has 33 heavy (non-hydrogen) atoms. The van der Waals surface area contributed by atoms with Crippen LogP contribution in [0.15, 0.2) is 42.5 Å². The van der Waals surface area contributed by atoms with E-state index < -0.39 is 6.04 Å². The lowest BCUT2D eigenvalue weighted by molar-refractivity contribution is -0.143. The highest BCUT2D eigenvalue weighted by atomic mass is 16.5. The lowest BCUT2D eigenvalue weighted by Crippen LogP contribution is -2.52. The first-order valence-corrected chi connectivity index (χ1v) is 12.2. The van der Waals surface area contributed by atoms with Gasteiger partial charge in [-0.15, -0.1) is 0 Å². The third kappa shape index (κ3) is 7.08. The molecule has 0 saturated heterocycles. The molecule has 2 aromatic carbocycles. The van der Waals surface area contributed by atoms with Gasteiger partial charge in [0.1, 0.15) is 11.8 Å². The summed E-state index contributed by atoms with van der Waals surface area (Å²) >= 11 is 0. The zero-order valence-corrected chi connectivity index (χ0v) is 20.5. The van der Waals surface area contributed by atoms with Crippen LogP contribution in [0.4, 0.5) is 0 Å². The first kappa shape index (κ1) is 24.8. The van der Waals surface area contributed by atoms with Crippen molar-refractivity contribution in [1.29, 1.82) is 0 Å². The summed E-state index contributed by atoms with van der Waals surface area (Å²) in [6, 6.07) is 13.8. The topological polar surface area (TPSA) is 58.6 Å². The lowest BCUT2D eigenvalue weighted by atomic mass is 9.95. The van der Waals surface area contributed by atoms with Crippen LogP contribution >= 0.6 is 0 Å². The predicted molar refractivity (Wildman–Crippen MR) is 132 cm³/mol. The van der Waals surface area contributed by atoms with E-state index in [1.54, 1.807) is 4.90 Å². The number of nitrogens with one attached hydrogen (secondary N) is 1. The number of benzene rings is 2. The molecule has 178 valence electrons. The van der Waals surface area contributed by atoms with Crippen molar-refractivity contribution in [3.05, 3.63) is 64.7 Å². The molecular weight excluding hydrogens is 412 g/mol. The fourth-order valence-corrected chi connectivity index (χ4v) is 4.44. The van der Waals surface area contributed by atoms with Crippen LogP contribution in [0.25, 0.3) is 0 Å². The van der Waals surface area contributed by atoms with Crippen LogP contribution in [-0.2, 0) is 16.1 Å². The van der Waals surface area contributed by atoms with Gasteiger partial charge in [0.15, 0.2) is 6.61 Å². The van der Waals surface area contributed by atoms with Crippen molar-refractivity contribution in [3.8, 4) is 5.75 Å². The van der Waals surface area contributed by atoms with Gasteiger partial charge >= 0.3 is 0 Å². The molecule has 1 saturated carbocycles. The minimum absolute atomic E-state index is 0.0587. The highest BCUT2D eigenvalue weighted by Gasteiger charge is 2.30. The third-order valence-corrected chi connectivity index (χ3v) is 6.51. The van der Waals surface area contributed by atoms with E-state index in [9.17, 15) is 9.59 Å². The number of amides is 2. The van der Waals surface area contributed by atoms with Crippen LogP contribution in [0.3, 0.4) is 0 Å². The number of nitrogens with zero attached hydrogens (tertiary/aromatic N) is 1. The fraction of sp³-hybridized carbons (Fsp3) is 0.500. The predicted octanol–water partition coefficient (Wildman–Crippen LogP) is 5.25. The zero-order chi connectivity index (χ0) is 23.8. The fourth-order valence-electron chi connectivity index (χ4n) is 4.44. The highest BCUT2D eigenvalue weighted by Crippen LogP contribution is 2.21. The Hall–Kier alpha value is -2.82. The van der Waals surface area contributed by atoms with Crippen molar-refractivity contribution in [2.24, 2.45) is 0 Å². The molecule has 5 nitrogen and oxygen atoms in total. The third-order valence-electron chi connectivity index (χ3n) is 6.51. The van der Waals surface area contributed by atoms with Gasteiger partial charge in [-0.05, 0) is 62.8 Å². The molecule has 0 heterocycles. The van der Waals surface area contributed by atoms with Crippen LogP contribution < -0.4 is 10.1 Å². The normalized spacial score (nSPS) is 15.0. The van der Waals surface area contributed by atoms with Crippen LogP contribution in [0, 0.1) is 20.8 Å². The van der Waals surface area contributed by atoms with Gasteiger partial charge in [0.2, 0.25) is 5.91 Å². The average molecular weight is 451 g/mol. The minimum atomic E-state index is -0.525. The Balaban J connectivity index is 1.77. The van der Waals surface area contributed by atoms with Gasteiger partial charge < -0.3 is 15.0 Å². The summed E-state index contributed by atoms with van der Waals surface area (Å²) in [4.78, 5) is 28.4. The maximum absolute atomic E-state index is 13.4. The number of carbonyl (C=O) groups excluding carboxylic acids is 2. The molecule has 1 unspecified atom stereocenters. The van der Waals surface area contributed by atoms with Gasteiger partial charge in [-0.1, -0.05) is 68.1 Å². The van der Waals surface area contributed by atoms with E-state index >= 15 is 0 Å². The van der Waals surface area contributed by atoms with Gasteiger partial charge in [-0.25, -0.2) is 0 Å². The summed E-state index contributed by atoms with van der Waals surface area (Å²) in [6.45, 7) is 8.26. The molecule has 5 heteroatoms. The Labute approximate surface area is 198 Å². The Bertz CT molecular complexity index is 933. The van der Waals surface area contributed by atoms with Crippen LogP contribution in [-0.4, -0.2) is 35.4 Å². The van der Waals surface area contributed by atoms with Crippen molar-refractivity contribution >= 4 is 11.8 Å². The summed E-state index contributed by atoms with van der Waals surface area (Å²) in [6.07, 6.45) is 6.12. The van der Waals surface area contributed by atoms with E-state index in [0.717, 1.165) is 47.9 Å². The second-order valence-electron chi connectivity index (χ2n) is 9.33. The Morgan fingerprint density at radius 2 is 1.67 bits per heavy atom. The molecule has 0 aromatic heterocycles. The van der Waals surface area contributed by atoms with Gasteiger partial charge in [0.25, 0.3) is 5.91 Å². The van der Waals surface area contributed by atoms with Crippen molar-refractivity contribution in [2.45, 2.75) is 84.8 Å². The number of aryl methyl sites for hydroxylation is 3. The molecule has 1 atom stereocenters. The maximum atomic E-state index is 13.4. The minimum Gasteiger partial charge on any atom is -0.483 e. The molecule has 0 bridgehead atoms. The second kappa shape index (κ2) is 11.9. The van der Waals surface area contributed by atoms with Gasteiger partial charge in [0, 0.05) is 12.6 Å². The van der Waals surface area contributed by atoms with E-state index in [1.165, 1.54) is 6.42 Å². The van der Waals surface area contributed by atoms with Crippen LogP contribution in [0.2, 0.25) is 0 Å². The standard InChI is InChI=1S/C28H38N2O3/c1-5-25(28(32)29-24-9-7-6-8-10-24)30(18-23-15-12-20(2)13-16-23)27(31)19-33-26-17-21(3)11-14-22(26)4/h11-17,24-25H,5-10,18-19H2,1-4H3,(H,29,32). The Kier molecular flexibility index (Phi) is 8.93. The number of carbonyl (C=O) groups is 2. The molecule has 0 radical (unpaired) electrons. The van der Waals surface area contributed by atoms with Gasteiger partial charge in [0.05, 0.1) is 0 Å². The zero-order valence-electron chi connectivity index (χ0n) is 20.5. The first-order valence-electron chi connectivity index (χ1n) is 12.2. The van der Waals surface area contributed by atoms with Crippen molar-refractivity contribution in [2.75, 3.05) is 6.61 Å². The van der Waals surface area contributed by atoms with Crippen LogP contribution in [0.5, 0.6) is 5.75 Å². The van der Waals surface area contributed by atoms with Crippen molar-refractivity contribution in [1.82, 2.24) is 10.2 Å². The van der Waals surface area contributed by atoms with E-state index in [-0.39, 0.29) is 24.5 Å². The molecule has 1 fully saturated rings. The molecule has 2 aromatic rings. The molecular formula is C28H38N2O3. The van der Waals surface area contributed by atoms with E-state index in [0.29, 0.717) is 18.7 Å². The largest absolute Gasteiger partial charge is 0.483 e. The second-order valence-corrected chi connectivity index (χ2v) is 9.33. The Morgan fingerprint density at radius 3 is 2.33 bits per heavy atom. The van der Waals surface area contributed by atoms with E-state index in [2.05, 4.69) is 5.32 Å². The molecule has 1 aliphatic rings. The lowest BCUT2D eigenvalue weighted by Gasteiger charge is -2.32. The smallest absolute Gasteiger partial charge is 0.261 e. The first-order chi connectivity index (χ1) is 15.9. The van der Waals surface area contributed by atoms with Crippen molar-refractivity contribution in [3.63, 3.8) is 0 Å². The number of hydrogen-bond donors (Lipinski definition) is 1. The summed E-state index contributed by atoms with van der Waals surface area (Å²) < 4.78 is 5.92. The number of hydrogen-bond acceptors (Lipinski definition) is 3. The molecule has 0 spiro atoms. The molecule has 1 N–H and O–H groups in total. The highest BCUT2D eigenvalue weighted by molar-refractivity contribution is 5.88. The van der Waals surface area contributed by atoms with E-state index in [1.807, 2.05) is 70.2 Å². The van der Waals surface area contributed by atoms with E-state index in [4.69, 9.17) is 4.74 Å². The summed E-state index contributed by atoms with van der Waals surface area (Å²) in [5.74, 6) is 0.470. The molecule has 3 rings (SSSR count). The molecule has 0 aliphatic heterocycles. The number of rotatable bonds is 9. The van der Waals surface area contributed by atoms with Crippen LogP contribution in [0.1, 0.15) is 67.7 Å². The Morgan fingerprint density at radius 1 is 1.00 bits per heavy atom. The summed E-state index contributed by atoms with van der Waals surface area (Å²) in [5.41, 5.74) is 4.24. The van der Waals surface area contributed by atoms with Gasteiger partial charge in [-0.3, -0.25) is 9.59 Å². The maximum Gasteiger partial charge on any atom is 0.261 e. The van der Waals surface area contributed by atoms with Crippen molar-refractivity contribution < 1.29 is 14.3 Å². The molecule has 2 amide bonds.